The molecule has 9 heteroatoms. The highest BCUT2D eigenvalue weighted by Crippen LogP contribution is 2.29. The molecule has 0 unspecified atom stereocenters. The maximum atomic E-state index is 11.3. The van der Waals surface area contributed by atoms with Gasteiger partial charge in [-0.05, 0) is 24.3 Å². The number of benzene rings is 1. The van der Waals surface area contributed by atoms with Gasteiger partial charge in [-0.25, -0.2) is 14.6 Å². The molecule has 0 saturated heterocycles. The monoisotopic (exact) mass is 326 g/mol. The SMILES string of the molecule is O=C(O)c1ccccc1N=Nc1c(C(=O)O)nc2c(O)cccn12. The molecule has 0 atom stereocenters. The van der Waals surface area contributed by atoms with E-state index in [2.05, 4.69) is 15.2 Å². The zero-order chi connectivity index (χ0) is 17.3. The van der Waals surface area contributed by atoms with E-state index in [1.807, 2.05) is 0 Å². The summed E-state index contributed by atoms with van der Waals surface area (Å²) in [5, 5.41) is 35.8. The van der Waals surface area contributed by atoms with E-state index in [0.29, 0.717) is 0 Å². The molecule has 0 aliphatic rings. The molecule has 0 amide bonds. The average Bonchev–Trinajstić information content (AvgIpc) is 2.93. The number of pyridine rings is 1. The number of aromatic hydroxyl groups is 1. The van der Waals surface area contributed by atoms with Crippen molar-refractivity contribution in [3.8, 4) is 5.75 Å². The lowest BCUT2D eigenvalue weighted by molar-refractivity contribution is 0.0683. The van der Waals surface area contributed by atoms with Crippen LogP contribution in [0.15, 0.2) is 52.8 Å². The summed E-state index contributed by atoms with van der Waals surface area (Å²) >= 11 is 0. The fourth-order valence-electron chi connectivity index (χ4n) is 2.12. The van der Waals surface area contributed by atoms with Gasteiger partial charge in [-0.1, -0.05) is 12.1 Å². The van der Waals surface area contributed by atoms with Crippen LogP contribution in [-0.4, -0.2) is 36.6 Å². The number of fused-ring (bicyclic) bond motifs is 1. The number of hydrogen-bond donors (Lipinski definition) is 3. The van der Waals surface area contributed by atoms with Gasteiger partial charge in [-0.3, -0.25) is 4.40 Å². The molecule has 0 bridgehead atoms. The van der Waals surface area contributed by atoms with Crippen LogP contribution in [0.25, 0.3) is 5.65 Å². The van der Waals surface area contributed by atoms with Gasteiger partial charge in [-0.2, -0.15) is 0 Å². The molecule has 120 valence electrons. The van der Waals surface area contributed by atoms with Gasteiger partial charge in [0.2, 0.25) is 0 Å². The van der Waals surface area contributed by atoms with Crippen molar-refractivity contribution < 1.29 is 24.9 Å². The number of carbonyl (C=O) groups is 2. The quantitative estimate of drug-likeness (QED) is 0.630. The summed E-state index contributed by atoms with van der Waals surface area (Å²) in [6, 6.07) is 8.76. The second kappa shape index (κ2) is 5.80. The Hall–Kier alpha value is -3.75. The summed E-state index contributed by atoms with van der Waals surface area (Å²) in [6.07, 6.45) is 1.46. The zero-order valence-corrected chi connectivity index (χ0v) is 12.0. The largest absolute Gasteiger partial charge is 0.504 e. The van der Waals surface area contributed by atoms with Gasteiger partial charge >= 0.3 is 11.9 Å². The maximum Gasteiger partial charge on any atom is 0.358 e. The normalized spacial score (nSPS) is 11.2. The minimum absolute atomic E-state index is 0.00960. The predicted molar refractivity (Wildman–Crippen MR) is 81.4 cm³/mol. The van der Waals surface area contributed by atoms with E-state index in [4.69, 9.17) is 5.11 Å². The molecule has 2 aromatic heterocycles. The van der Waals surface area contributed by atoms with Crippen LogP contribution >= 0.6 is 0 Å². The number of imidazole rings is 1. The molecular formula is C15H10N4O5. The third-order valence-electron chi connectivity index (χ3n) is 3.19. The number of hydrogen-bond acceptors (Lipinski definition) is 6. The molecule has 2 heterocycles. The Bertz CT molecular complexity index is 993. The standard InChI is InChI=1S/C15H10N4O5/c20-10-6-3-7-19-12(10)16-11(15(23)24)13(19)18-17-9-5-2-1-4-8(9)14(21)22/h1-7,20H,(H,21,22)(H,23,24). The molecular weight excluding hydrogens is 316 g/mol. The van der Waals surface area contributed by atoms with Gasteiger partial charge < -0.3 is 15.3 Å². The van der Waals surface area contributed by atoms with Crippen molar-refractivity contribution in [3.05, 3.63) is 53.9 Å². The van der Waals surface area contributed by atoms with E-state index in [1.54, 1.807) is 6.07 Å². The van der Waals surface area contributed by atoms with Crippen molar-refractivity contribution in [1.29, 1.82) is 0 Å². The minimum atomic E-state index is -1.35. The van der Waals surface area contributed by atoms with Gasteiger partial charge in [0.1, 0.15) is 5.69 Å². The Morgan fingerprint density at radius 2 is 1.75 bits per heavy atom. The first-order chi connectivity index (χ1) is 11.5. The van der Waals surface area contributed by atoms with Crippen LogP contribution in [0, 0.1) is 0 Å². The van der Waals surface area contributed by atoms with Crippen molar-refractivity contribution in [1.82, 2.24) is 9.38 Å². The molecule has 9 nitrogen and oxygen atoms in total. The van der Waals surface area contributed by atoms with Crippen molar-refractivity contribution >= 4 is 29.1 Å². The smallest absolute Gasteiger partial charge is 0.358 e. The second-order valence-electron chi connectivity index (χ2n) is 4.70. The van der Waals surface area contributed by atoms with Crippen molar-refractivity contribution in [2.75, 3.05) is 0 Å². The molecule has 0 radical (unpaired) electrons. The lowest BCUT2D eigenvalue weighted by Crippen LogP contribution is -1.97. The van der Waals surface area contributed by atoms with E-state index >= 15 is 0 Å². The first kappa shape index (κ1) is 15.2. The second-order valence-corrected chi connectivity index (χ2v) is 4.70. The summed E-state index contributed by atoms with van der Waals surface area (Å²) in [6.45, 7) is 0. The first-order valence-corrected chi connectivity index (χ1v) is 6.66. The zero-order valence-electron chi connectivity index (χ0n) is 12.0. The molecule has 3 aromatic rings. The number of aromatic nitrogens is 2. The highest BCUT2D eigenvalue weighted by Gasteiger charge is 2.20. The molecule has 0 aliphatic heterocycles. The number of nitrogens with zero attached hydrogens (tertiary/aromatic N) is 4. The number of carboxylic acid groups (broad SMARTS) is 2. The van der Waals surface area contributed by atoms with Crippen molar-refractivity contribution in [3.63, 3.8) is 0 Å². The summed E-state index contributed by atoms with van der Waals surface area (Å²) in [7, 11) is 0. The van der Waals surface area contributed by atoms with E-state index in [1.165, 1.54) is 40.9 Å². The summed E-state index contributed by atoms with van der Waals surface area (Å²) in [4.78, 5) is 26.3. The van der Waals surface area contributed by atoms with Crippen LogP contribution in [0.2, 0.25) is 0 Å². The Labute approximate surface area is 134 Å². The highest BCUT2D eigenvalue weighted by molar-refractivity contribution is 5.93. The molecule has 0 saturated carbocycles. The first-order valence-electron chi connectivity index (χ1n) is 6.66. The predicted octanol–water partition coefficient (Wildman–Crippen LogP) is 2.85. The van der Waals surface area contributed by atoms with Gasteiger partial charge in [-0.15, -0.1) is 10.2 Å². The van der Waals surface area contributed by atoms with Gasteiger partial charge in [0.15, 0.2) is 22.9 Å². The summed E-state index contributed by atoms with van der Waals surface area (Å²) in [5.74, 6) is -2.88. The minimum Gasteiger partial charge on any atom is -0.504 e. The van der Waals surface area contributed by atoms with Crippen LogP contribution in [-0.2, 0) is 0 Å². The molecule has 24 heavy (non-hydrogen) atoms. The van der Waals surface area contributed by atoms with Gasteiger partial charge in [0.25, 0.3) is 0 Å². The summed E-state index contributed by atoms with van der Waals surface area (Å²) in [5.41, 5.74) is -0.408. The van der Waals surface area contributed by atoms with Gasteiger partial charge in [0.05, 0.1) is 5.56 Å². The number of azo groups is 1. The Balaban J connectivity index is 2.17. The molecule has 0 spiro atoms. The Morgan fingerprint density at radius 1 is 1.00 bits per heavy atom. The van der Waals surface area contributed by atoms with Crippen LogP contribution < -0.4 is 0 Å². The molecule has 1 aromatic carbocycles. The fourth-order valence-corrected chi connectivity index (χ4v) is 2.12. The number of aromatic carboxylic acids is 2. The topological polar surface area (TPSA) is 137 Å². The van der Waals surface area contributed by atoms with Crippen LogP contribution in [0.3, 0.4) is 0 Å². The van der Waals surface area contributed by atoms with Crippen molar-refractivity contribution in [2.24, 2.45) is 10.2 Å². The van der Waals surface area contributed by atoms with Crippen molar-refractivity contribution in [2.45, 2.75) is 0 Å². The molecule has 3 rings (SSSR count). The lowest BCUT2D eigenvalue weighted by Gasteiger charge is -2.00. The Kier molecular flexibility index (Phi) is 3.66. The number of rotatable bonds is 4. The third-order valence-corrected chi connectivity index (χ3v) is 3.19. The van der Waals surface area contributed by atoms with Crippen LogP contribution in [0.1, 0.15) is 20.8 Å². The summed E-state index contributed by atoms with van der Waals surface area (Å²) < 4.78 is 1.26. The molecule has 0 aliphatic carbocycles. The molecule has 0 fully saturated rings. The highest BCUT2D eigenvalue weighted by atomic mass is 16.4. The van der Waals surface area contributed by atoms with Crippen LogP contribution in [0.5, 0.6) is 5.75 Å². The van der Waals surface area contributed by atoms with E-state index in [9.17, 15) is 19.8 Å². The lowest BCUT2D eigenvalue weighted by atomic mass is 10.2. The Morgan fingerprint density at radius 3 is 2.46 bits per heavy atom. The fraction of sp³-hybridized carbons (Fsp3) is 0. The van der Waals surface area contributed by atoms with E-state index in [-0.39, 0.29) is 28.5 Å². The average molecular weight is 326 g/mol. The number of carboxylic acids is 2. The maximum absolute atomic E-state index is 11.3. The van der Waals surface area contributed by atoms with E-state index in [0.717, 1.165) is 0 Å². The molecule has 3 N–H and O–H groups in total. The van der Waals surface area contributed by atoms with Gasteiger partial charge in [0, 0.05) is 6.20 Å². The third kappa shape index (κ3) is 2.54. The van der Waals surface area contributed by atoms with Crippen LogP contribution in [0.4, 0.5) is 11.5 Å². The van der Waals surface area contributed by atoms with E-state index < -0.39 is 17.6 Å².